The van der Waals surface area contributed by atoms with Crippen molar-refractivity contribution in [1.29, 1.82) is 0 Å². The summed E-state index contributed by atoms with van der Waals surface area (Å²) in [5.41, 5.74) is 1.46. The minimum Gasteiger partial charge on any atom is -0.482 e. The lowest BCUT2D eigenvalue weighted by molar-refractivity contribution is -0.373. The van der Waals surface area contributed by atoms with Gasteiger partial charge in [-0.05, 0) is 119 Å². The van der Waals surface area contributed by atoms with Crippen LogP contribution in [0.3, 0.4) is 0 Å². The predicted octanol–water partition coefficient (Wildman–Crippen LogP) is 8.70. The van der Waals surface area contributed by atoms with Crippen LogP contribution in [0.4, 0.5) is 5.69 Å². The van der Waals surface area contributed by atoms with Crippen LogP contribution in [0.1, 0.15) is 112 Å². The molecule has 2 N–H and O–H groups in total. The Bertz CT molecular complexity index is 2600. The first-order valence-electron chi connectivity index (χ1n) is 24.1. The molecule has 68 heavy (non-hydrogen) atoms. The Kier molecular flexibility index (Phi) is 11.6. The van der Waals surface area contributed by atoms with Crippen molar-refractivity contribution in [3.63, 3.8) is 0 Å². The maximum absolute atomic E-state index is 15.7. The van der Waals surface area contributed by atoms with Crippen LogP contribution < -0.4 is 14.2 Å². The molecule has 0 radical (unpaired) electrons. The summed E-state index contributed by atoms with van der Waals surface area (Å²) in [6.45, 7) is 19.7. The number of hydrogen-bond donors (Lipinski definition) is 2. The summed E-state index contributed by atoms with van der Waals surface area (Å²) in [6, 6.07) is 7.99. The number of nitrogens with zero attached hydrogens (tertiary/aromatic N) is 1. The average molecular weight is 952 g/mol. The minimum absolute atomic E-state index is 0.0575. The number of ketones is 1. The van der Waals surface area contributed by atoms with E-state index in [9.17, 15) is 15.0 Å². The molecule has 9 aliphatic rings. The van der Waals surface area contributed by atoms with Gasteiger partial charge in [0.25, 0.3) is 0 Å². The molecule has 6 fully saturated rings. The largest absolute Gasteiger partial charge is 0.482 e. The predicted molar refractivity (Wildman–Crippen MR) is 257 cm³/mol. The van der Waals surface area contributed by atoms with E-state index in [0.29, 0.717) is 58.9 Å². The number of benzene rings is 2. The number of para-hydroxylation sites is 1. The molecule has 3 aliphatic carbocycles. The van der Waals surface area contributed by atoms with Crippen molar-refractivity contribution >= 4 is 41.0 Å². The second kappa shape index (κ2) is 16.7. The second-order valence-corrected chi connectivity index (χ2v) is 22.8. The summed E-state index contributed by atoms with van der Waals surface area (Å²) in [5.74, 6) is -1.60. The zero-order valence-electron chi connectivity index (χ0n) is 41.0. The third-order valence-electron chi connectivity index (χ3n) is 15.5. The number of aliphatic hydroxyl groups is 2. The van der Waals surface area contributed by atoms with Gasteiger partial charge in [-0.3, -0.25) is 9.79 Å². The summed E-state index contributed by atoms with van der Waals surface area (Å²) in [4.78, 5) is 35.3. The molecule has 3 saturated carbocycles. The van der Waals surface area contributed by atoms with Gasteiger partial charge in [-0.15, -0.1) is 11.8 Å². The zero-order chi connectivity index (χ0) is 48.5. The number of aliphatic hydroxyl groups excluding tert-OH is 2. The van der Waals surface area contributed by atoms with Crippen molar-refractivity contribution in [3.8, 4) is 17.2 Å². The number of esters is 1. The Morgan fingerprint density at radius 3 is 2.46 bits per heavy atom. The highest BCUT2D eigenvalue weighted by atomic mass is 32.2. The summed E-state index contributed by atoms with van der Waals surface area (Å²) < 4.78 is 53.5. The number of Topliss-reactive ketones (excluding diaryl/α,β-unsaturated/α-hetero) is 1. The highest BCUT2D eigenvalue weighted by Crippen LogP contribution is 2.73. The maximum atomic E-state index is 15.7. The Morgan fingerprint density at radius 2 is 1.72 bits per heavy atom. The molecule has 11 rings (SSSR count). The van der Waals surface area contributed by atoms with Gasteiger partial charge in [0.1, 0.15) is 47.3 Å². The maximum Gasteiger partial charge on any atom is 0.333 e. The molecule has 12 atom stereocenters. The zero-order valence-corrected chi connectivity index (χ0v) is 41.8. The van der Waals surface area contributed by atoms with Crippen molar-refractivity contribution < 1.29 is 57.7 Å². The second-order valence-electron chi connectivity index (χ2n) is 21.5. The fourth-order valence-corrected chi connectivity index (χ4v) is 13.8. The van der Waals surface area contributed by atoms with Gasteiger partial charge in [-0.25, -0.2) is 4.79 Å². The lowest BCUT2D eigenvalue weighted by Gasteiger charge is -2.63. The molecule has 0 aromatic heterocycles. The van der Waals surface area contributed by atoms with Gasteiger partial charge in [-0.1, -0.05) is 41.5 Å². The normalized spacial score (nSPS) is 36.2. The summed E-state index contributed by atoms with van der Waals surface area (Å²) in [7, 11) is 1.34. The lowest BCUT2D eigenvalue weighted by Crippen LogP contribution is -2.79. The summed E-state index contributed by atoms with van der Waals surface area (Å²) in [5, 5.41) is 23.4. The summed E-state index contributed by atoms with van der Waals surface area (Å²) >= 11 is 1.65. The van der Waals surface area contributed by atoms with Crippen molar-refractivity contribution in [3.05, 3.63) is 82.0 Å². The highest BCUT2D eigenvalue weighted by molar-refractivity contribution is 8.00. The first-order valence-corrected chi connectivity index (χ1v) is 24.9. The molecule has 6 aliphatic heterocycles. The fourth-order valence-electron chi connectivity index (χ4n) is 12.3. The van der Waals surface area contributed by atoms with E-state index in [2.05, 4.69) is 39.0 Å². The van der Waals surface area contributed by atoms with Gasteiger partial charge in [0.15, 0.2) is 22.8 Å². The molecule has 13 nitrogen and oxygen atoms in total. The van der Waals surface area contributed by atoms with Gasteiger partial charge in [0.05, 0.1) is 47.8 Å². The van der Waals surface area contributed by atoms with E-state index in [1.54, 1.807) is 38.6 Å². The quantitative estimate of drug-likeness (QED) is 0.132. The van der Waals surface area contributed by atoms with E-state index < -0.39 is 76.7 Å². The number of carbonyl (C=O) groups excluding carboxylic acids is 2. The van der Waals surface area contributed by atoms with Crippen molar-refractivity contribution in [2.75, 3.05) is 13.7 Å². The Hall–Kier alpha value is -4.28. The van der Waals surface area contributed by atoms with Gasteiger partial charge in [0, 0.05) is 39.5 Å². The Labute approximate surface area is 403 Å². The number of fused-ring (bicyclic) bond motifs is 5. The number of rotatable bonds is 10. The fraction of sp³-hybridized carbons (Fsp3) is 0.574. The molecule has 2 aromatic rings. The number of methoxy groups -OCH3 is 1. The molecule has 0 amide bonds. The molecule has 7 unspecified atom stereocenters. The van der Waals surface area contributed by atoms with Crippen LogP contribution in [0.5, 0.6) is 17.2 Å². The molecular weight excluding hydrogens is 887 g/mol. The van der Waals surface area contributed by atoms with Crippen molar-refractivity contribution in [2.45, 2.75) is 170 Å². The standard InChI is InChI=1S/C54H65NO12S/c1-27(2)15-14-22-52(10)23-21-31-42(65-52)30(19-18-28(3)4)44-37(43(31)63-49-41(57)40(56)45-34(62-49)26-61-51(8,9)64-45)39-38-46(68-35-17-13-12-16-33(35)55-39)32-25-36-50(6,7)67-53(47(32)58,54(36,38)66-44)24-20-29(5)48(59)60-11/h12-13,15-18,20-21,23,32,34,36,38,40-41,45-46,49,56-57H,14,19,22,24-26H2,1-11H3/t32?,34-,36?,38?,40-,41-,45-,46?,49+,52?,53?,54?/m0/s1. The van der Waals surface area contributed by atoms with Crippen LogP contribution in [0, 0.1) is 17.8 Å². The minimum atomic E-state index is -1.54. The number of thioether (sulfide) groups is 1. The number of carbonyl (C=O) groups is 2. The number of hydrogen-bond acceptors (Lipinski definition) is 14. The van der Waals surface area contributed by atoms with Gasteiger partial charge < -0.3 is 48.1 Å². The van der Waals surface area contributed by atoms with Crippen molar-refractivity contribution in [1.82, 2.24) is 0 Å². The Morgan fingerprint density at radius 1 is 0.971 bits per heavy atom. The molecular formula is C54H65NO12S. The van der Waals surface area contributed by atoms with Crippen LogP contribution >= 0.6 is 11.8 Å². The first-order chi connectivity index (χ1) is 32.1. The first kappa shape index (κ1) is 47.4. The monoisotopic (exact) mass is 951 g/mol. The van der Waals surface area contributed by atoms with Crippen molar-refractivity contribution in [2.24, 2.45) is 22.7 Å². The summed E-state index contributed by atoms with van der Waals surface area (Å²) in [6.07, 6.45) is 6.66. The van der Waals surface area contributed by atoms with Gasteiger partial charge in [-0.2, -0.15) is 0 Å². The molecule has 14 heteroatoms. The van der Waals surface area contributed by atoms with Crippen LogP contribution in [0.2, 0.25) is 0 Å². The molecule has 3 saturated heterocycles. The van der Waals surface area contributed by atoms with Gasteiger partial charge in [0.2, 0.25) is 6.29 Å². The smallest absolute Gasteiger partial charge is 0.333 e. The molecule has 2 aromatic carbocycles. The lowest BCUT2D eigenvalue weighted by atomic mass is 9.46. The van der Waals surface area contributed by atoms with E-state index in [0.717, 1.165) is 28.1 Å². The van der Waals surface area contributed by atoms with E-state index in [4.69, 9.17) is 42.9 Å². The van der Waals surface area contributed by atoms with Crippen LogP contribution in [-0.4, -0.2) is 106 Å². The number of ether oxygens (including phenoxy) is 8. The third-order valence-corrected chi connectivity index (χ3v) is 16.9. The molecule has 364 valence electrons. The van der Waals surface area contributed by atoms with E-state index in [1.807, 2.05) is 58.0 Å². The Balaban J connectivity index is 1.26. The molecule has 6 heterocycles. The SMILES string of the molecule is COC(=O)C(C)=CCC12OC(C)(C)C3CC(C1=O)C1Sc4ccccc4N=C4c5c(O[C@H]6O[C@H]7COC(C)(C)O[C@@H]7[C@@H](O)[C@@H]6O)c6c(c(CC=C(C)C)c5OC32C41)OC(C)(CCC=C(C)C)C=C6. The van der Waals surface area contributed by atoms with E-state index in [1.165, 1.54) is 12.7 Å². The topological polar surface area (TPSA) is 161 Å². The van der Waals surface area contributed by atoms with Crippen LogP contribution in [-0.2, 0) is 39.7 Å². The van der Waals surface area contributed by atoms with Crippen LogP contribution in [0.15, 0.2) is 75.2 Å². The number of aliphatic imine (C=N–C) groups is 1. The third kappa shape index (κ3) is 7.29. The highest BCUT2D eigenvalue weighted by Gasteiger charge is 2.85. The molecule has 1 spiro atoms. The van der Waals surface area contributed by atoms with E-state index in [-0.39, 0.29) is 30.0 Å². The average Bonchev–Trinajstić information content (AvgIpc) is 3.36. The van der Waals surface area contributed by atoms with E-state index >= 15 is 4.79 Å². The number of allylic oxidation sites excluding steroid dienone is 4. The van der Waals surface area contributed by atoms with Crippen LogP contribution in [0.25, 0.3) is 6.08 Å². The van der Waals surface area contributed by atoms with Gasteiger partial charge >= 0.3 is 5.97 Å². The molecule has 4 bridgehead atoms.